The maximum atomic E-state index is 10.0. The molecule has 5 heteroatoms. The predicted molar refractivity (Wildman–Crippen MR) is 39.3 cm³/mol. The molecule has 0 aliphatic rings. The summed E-state index contributed by atoms with van der Waals surface area (Å²) in [6.07, 6.45) is 3.15. The summed E-state index contributed by atoms with van der Waals surface area (Å²) in [7, 11) is 0. The number of aliphatic carboxylic acids is 1. The summed E-state index contributed by atoms with van der Waals surface area (Å²) in [6.45, 7) is -0.189. The van der Waals surface area contributed by atoms with Crippen molar-refractivity contribution in [1.29, 1.82) is 0 Å². The summed E-state index contributed by atoms with van der Waals surface area (Å²) in [5, 5.41) is 8.23. The molecule has 0 unspecified atom stereocenters. The molecule has 1 N–H and O–H groups in total. The zero-order valence-electron chi connectivity index (χ0n) is 6.30. The molecule has 64 valence electrons. The first-order valence-corrected chi connectivity index (χ1v) is 3.34. The predicted octanol–water partition coefficient (Wildman–Crippen LogP) is 0.0778. The van der Waals surface area contributed by atoms with Crippen molar-refractivity contribution in [3.63, 3.8) is 0 Å². The summed E-state index contributed by atoms with van der Waals surface area (Å²) >= 11 is 0. The van der Waals surface area contributed by atoms with Crippen molar-refractivity contribution in [1.82, 2.24) is 9.97 Å². The largest absolute Gasteiger partial charge is 0.480 e. The monoisotopic (exact) mass is 168 g/mol. The van der Waals surface area contributed by atoms with Gasteiger partial charge in [0.05, 0.1) is 0 Å². The van der Waals surface area contributed by atoms with Gasteiger partial charge in [-0.15, -0.1) is 0 Å². The van der Waals surface area contributed by atoms with Gasteiger partial charge in [-0.05, 0) is 6.07 Å². The zero-order valence-corrected chi connectivity index (χ0v) is 6.30. The fourth-order valence-electron chi connectivity index (χ4n) is 0.634. The summed E-state index contributed by atoms with van der Waals surface area (Å²) in [5.74, 6) is -0.510. The Morgan fingerprint density at radius 2 is 2.17 bits per heavy atom. The number of rotatable bonds is 4. The van der Waals surface area contributed by atoms with Crippen LogP contribution in [0.1, 0.15) is 5.82 Å². The van der Waals surface area contributed by atoms with Crippen LogP contribution in [0.3, 0.4) is 0 Å². The third-order valence-electron chi connectivity index (χ3n) is 1.08. The maximum absolute atomic E-state index is 10.0. The van der Waals surface area contributed by atoms with E-state index < -0.39 is 5.97 Å². The summed E-state index contributed by atoms with van der Waals surface area (Å²) in [4.78, 5) is 17.7. The van der Waals surface area contributed by atoms with Crippen LogP contribution in [0.5, 0.6) is 0 Å². The number of carbonyl (C=O) groups is 1. The lowest BCUT2D eigenvalue weighted by Gasteiger charge is -1.97. The maximum Gasteiger partial charge on any atom is 0.329 e. The van der Waals surface area contributed by atoms with Crippen LogP contribution >= 0.6 is 0 Å². The lowest BCUT2D eigenvalue weighted by atomic mass is 10.6. The van der Waals surface area contributed by atoms with Gasteiger partial charge in [-0.1, -0.05) is 0 Å². The zero-order chi connectivity index (χ0) is 8.81. The van der Waals surface area contributed by atoms with Crippen LogP contribution in [0.25, 0.3) is 0 Å². The molecule has 0 spiro atoms. The van der Waals surface area contributed by atoms with E-state index in [0.717, 1.165) is 0 Å². The van der Waals surface area contributed by atoms with E-state index in [0.29, 0.717) is 5.82 Å². The van der Waals surface area contributed by atoms with Gasteiger partial charge in [-0.3, -0.25) is 0 Å². The number of ether oxygens (including phenoxy) is 1. The number of carboxylic acid groups (broad SMARTS) is 1. The normalized spacial score (nSPS) is 9.67. The van der Waals surface area contributed by atoms with Gasteiger partial charge in [0.2, 0.25) is 0 Å². The van der Waals surface area contributed by atoms with Gasteiger partial charge in [0.15, 0.2) is 5.82 Å². The van der Waals surface area contributed by atoms with E-state index in [2.05, 4.69) is 9.97 Å². The molecule has 12 heavy (non-hydrogen) atoms. The average molecular weight is 168 g/mol. The first kappa shape index (κ1) is 8.61. The molecule has 1 aromatic heterocycles. The minimum atomic E-state index is -0.995. The van der Waals surface area contributed by atoms with Crippen molar-refractivity contribution in [2.75, 3.05) is 6.61 Å². The molecular weight excluding hydrogens is 160 g/mol. The highest BCUT2D eigenvalue weighted by molar-refractivity contribution is 5.67. The lowest BCUT2D eigenvalue weighted by molar-refractivity contribution is -0.142. The van der Waals surface area contributed by atoms with Gasteiger partial charge in [-0.25, -0.2) is 14.8 Å². The van der Waals surface area contributed by atoms with E-state index >= 15 is 0 Å². The molecule has 1 aromatic rings. The summed E-state index contributed by atoms with van der Waals surface area (Å²) in [5.41, 5.74) is 0. The highest BCUT2D eigenvalue weighted by Crippen LogP contribution is 1.90. The van der Waals surface area contributed by atoms with E-state index in [1.165, 1.54) is 0 Å². The first-order valence-electron chi connectivity index (χ1n) is 3.34. The van der Waals surface area contributed by atoms with Gasteiger partial charge >= 0.3 is 5.97 Å². The van der Waals surface area contributed by atoms with Crippen LogP contribution in [0.15, 0.2) is 18.5 Å². The Morgan fingerprint density at radius 3 is 2.75 bits per heavy atom. The van der Waals surface area contributed by atoms with Crippen LogP contribution in [-0.2, 0) is 16.1 Å². The number of carboxylic acids is 1. The van der Waals surface area contributed by atoms with E-state index in [1.807, 2.05) is 0 Å². The smallest absolute Gasteiger partial charge is 0.329 e. The molecular formula is C7H8N2O3. The van der Waals surface area contributed by atoms with Crippen molar-refractivity contribution in [2.24, 2.45) is 0 Å². The Morgan fingerprint density at radius 1 is 1.50 bits per heavy atom. The fourth-order valence-corrected chi connectivity index (χ4v) is 0.634. The molecule has 0 aliphatic carbocycles. The van der Waals surface area contributed by atoms with E-state index in [4.69, 9.17) is 9.84 Å². The summed E-state index contributed by atoms with van der Waals surface area (Å²) < 4.78 is 4.76. The van der Waals surface area contributed by atoms with Gasteiger partial charge in [0.25, 0.3) is 0 Å². The standard InChI is InChI=1S/C7H8N2O3/c10-7(11)5-12-4-6-8-2-1-3-9-6/h1-3H,4-5H2,(H,10,11). The second-order valence-electron chi connectivity index (χ2n) is 2.05. The molecule has 0 aliphatic heterocycles. The number of nitrogens with zero attached hydrogens (tertiary/aromatic N) is 2. The molecule has 0 atom stereocenters. The van der Waals surface area contributed by atoms with Crippen molar-refractivity contribution in [3.8, 4) is 0 Å². The van der Waals surface area contributed by atoms with Crippen LogP contribution in [0.4, 0.5) is 0 Å². The third kappa shape index (κ3) is 3.07. The molecule has 0 fully saturated rings. The topological polar surface area (TPSA) is 72.3 Å². The van der Waals surface area contributed by atoms with Gasteiger partial charge in [-0.2, -0.15) is 0 Å². The second-order valence-corrected chi connectivity index (χ2v) is 2.05. The van der Waals surface area contributed by atoms with Crippen LogP contribution in [0.2, 0.25) is 0 Å². The van der Waals surface area contributed by atoms with Crippen molar-refractivity contribution < 1.29 is 14.6 Å². The Bertz CT molecular complexity index is 250. The van der Waals surface area contributed by atoms with Crippen molar-refractivity contribution in [3.05, 3.63) is 24.3 Å². The quantitative estimate of drug-likeness (QED) is 0.689. The van der Waals surface area contributed by atoms with E-state index in [-0.39, 0.29) is 13.2 Å². The minimum absolute atomic E-state index is 0.132. The molecule has 0 saturated carbocycles. The van der Waals surface area contributed by atoms with E-state index in [9.17, 15) is 4.79 Å². The van der Waals surface area contributed by atoms with Crippen LogP contribution in [0, 0.1) is 0 Å². The highest BCUT2D eigenvalue weighted by atomic mass is 16.5. The molecule has 0 bridgehead atoms. The number of hydrogen-bond acceptors (Lipinski definition) is 4. The first-order chi connectivity index (χ1) is 5.79. The van der Waals surface area contributed by atoms with Crippen LogP contribution in [-0.4, -0.2) is 27.7 Å². The fraction of sp³-hybridized carbons (Fsp3) is 0.286. The van der Waals surface area contributed by atoms with Gasteiger partial charge in [0, 0.05) is 12.4 Å². The summed E-state index contributed by atoms with van der Waals surface area (Å²) in [6, 6.07) is 1.68. The molecule has 0 radical (unpaired) electrons. The van der Waals surface area contributed by atoms with Gasteiger partial charge in [0.1, 0.15) is 13.2 Å². The Balaban J connectivity index is 2.29. The second kappa shape index (κ2) is 4.40. The molecule has 0 amide bonds. The molecule has 5 nitrogen and oxygen atoms in total. The number of aromatic nitrogens is 2. The Hall–Kier alpha value is -1.49. The van der Waals surface area contributed by atoms with Crippen LogP contribution < -0.4 is 0 Å². The van der Waals surface area contributed by atoms with Crippen molar-refractivity contribution in [2.45, 2.75) is 6.61 Å². The minimum Gasteiger partial charge on any atom is -0.480 e. The van der Waals surface area contributed by atoms with Gasteiger partial charge < -0.3 is 9.84 Å². The van der Waals surface area contributed by atoms with Crippen molar-refractivity contribution >= 4 is 5.97 Å². The highest BCUT2D eigenvalue weighted by Gasteiger charge is 1.98. The SMILES string of the molecule is O=C(O)COCc1ncccn1. The van der Waals surface area contributed by atoms with E-state index in [1.54, 1.807) is 18.5 Å². The molecule has 0 aromatic carbocycles. The molecule has 1 rings (SSSR count). The third-order valence-corrected chi connectivity index (χ3v) is 1.08. The average Bonchev–Trinajstić information content (AvgIpc) is 2.05. The molecule has 1 heterocycles. The lowest BCUT2D eigenvalue weighted by Crippen LogP contribution is -2.07. The number of hydrogen-bond donors (Lipinski definition) is 1. The Kier molecular flexibility index (Phi) is 3.16. The Labute approximate surface area is 69.0 Å². The molecule has 0 saturated heterocycles.